The van der Waals surface area contributed by atoms with E-state index in [2.05, 4.69) is 23.6 Å². The van der Waals surface area contributed by atoms with Gasteiger partial charge in [0, 0.05) is 37.8 Å². The summed E-state index contributed by atoms with van der Waals surface area (Å²) in [6, 6.07) is 0.740. The second kappa shape index (κ2) is 5.34. The molecule has 0 radical (unpaired) electrons. The molecule has 0 amide bonds. The molecule has 3 saturated heterocycles. The van der Waals surface area contributed by atoms with Crippen molar-refractivity contribution in [2.75, 3.05) is 32.7 Å². The van der Waals surface area contributed by atoms with Crippen molar-refractivity contribution < 1.29 is 0 Å². The van der Waals surface area contributed by atoms with Crippen molar-refractivity contribution in [2.24, 2.45) is 17.6 Å². The molecule has 3 heterocycles. The van der Waals surface area contributed by atoms with Crippen LogP contribution in [-0.4, -0.2) is 54.1 Å². The maximum atomic E-state index is 6.33. The summed E-state index contributed by atoms with van der Waals surface area (Å²) < 4.78 is 0. The highest BCUT2D eigenvalue weighted by Gasteiger charge is 2.51. The highest BCUT2D eigenvalue weighted by Crippen LogP contribution is 2.41. The molecular weight excluding hydrogens is 234 g/mol. The normalized spacial score (nSPS) is 45.3. The Hall–Kier alpha value is -0.120. The van der Waals surface area contributed by atoms with Crippen molar-refractivity contribution in [3.8, 4) is 0 Å². The average Bonchev–Trinajstić information content (AvgIpc) is 2.77. The summed E-state index contributed by atoms with van der Waals surface area (Å²) in [5, 5.41) is 0. The van der Waals surface area contributed by atoms with Crippen LogP contribution in [0.2, 0.25) is 0 Å². The molecule has 4 atom stereocenters. The number of fused-ring (bicyclic) bond motifs is 1. The molecule has 0 saturated carbocycles. The Bertz CT molecular complexity index is 309. The number of hydrogen-bond acceptors (Lipinski definition) is 3. The van der Waals surface area contributed by atoms with Crippen LogP contribution in [0.5, 0.6) is 0 Å². The lowest BCUT2D eigenvalue weighted by Gasteiger charge is -2.51. The van der Waals surface area contributed by atoms with Gasteiger partial charge < -0.3 is 5.73 Å². The molecule has 3 heteroatoms. The fourth-order valence-electron chi connectivity index (χ4n) is 5.13. The number of rotatable bonds is 2. The minimum atomic E-state index is 0.295. The maximum absolute atomic E-state index is 6.33. The summed E-state index contributed by atoms with van der Waals surface area (Å²) in [6.45, 7) is 10.8. The summed E-state index contributed by atoms with van der Waals surface area (Å²) in [6.07, 6.45) is 6.86. The van der Waals surface area contributed by atoms with E-state index < -0.39 is 0 Å². The van der Waals surface area contributed by atoms with Crippen LogP contribution in [0.15, 0.2) is 0 Å². The molecule has 4 unspecified atom stereocenters. The first-order valence-corrected chi connectivity index (χ1v) is 8.35. The maximum Gasteiger partial charge on any atom is 0.0499 e. The zero-order valence-electron chi connectivity index (χ0n) is 12.8. The quantitative estimate of drug-likeness (QED) is 0.828. The summed E-state index contributed by atoms with van der Waals surface area (Å²) in [5.74, 6) is 1.68. The van der Waals surface area contributed by atoms with E-state index in [1.807, 2.05) is 0 Å². The zero-order chi connectivity index (χ0) is 13.5. The predicted molar refractivity (Wildman–Crippen MR) is 80.1 cm³/mol. The number of nitrogens with zero attached hydrogens (tertiary/aromatic N) is 2. The van der Waals surface area contributed by atoms with E-state index in [1.54, 1.807) is 0 Å². The lowest BCUT2D eigenvalue weighted by Crippen LogP contribution is -2.64. The first-order valence-electron chi connectivity index (χ1n) is 8.35. The first-order chi connectivity index (χ1) is 9.15. The van der Waals surface area contributed by atoms with Crippen molar-refractivity contribution in [3.63, 3.8) is 0 Å². The Balaban J connectivity index is 1.82. The molecule has 0 aromatic rings. The number of nitrogens with two attached hydrogens (primary N) is 1. The van der Waals surface area contributed by atoms with Gasteiger partial charge in [-0.2, -0.15) is 0 Å². The zero-order valence-corrected chi connectivity index (χ0v) is 12.8. The molecular formula is C16H31N3. The lowest BCUT2D eigenvalue weighted by molar-refractivity contribution is -0.00439. The summed E-state index contributed by atoms with van der Waals surface area (Å²) in [7, 11) is 0. The molecule has 3 aliphatic heterocycles. The molecule has 110 valence electrons. The van der Waals surface area contributed by atoms with Crippen LogP contribution in [0.3, 0.4) is 0 Å². The van der Waals surface area contributed by atoms with Gasteiger partial charge in [-0.05, 0) is 44.1 Å². The average molecular weight is 265 g/mol. The van der Waals surface area contributed by atoms with Crippen LogP contribution in [0.1, 0.15) is 46.0 Å². The van der Waals surface area contributed by atoms with E-state index in [-0.39, 0.29) is 0 Å². The van der Waals surface area contributed by atoms with E-state index in [4.69, 9.17) is 5.73 Å². The van der Waals surface area contributed by atoms with Gasteiger partial charge >= 0.3 is 0 Å². The Morgan fingerprint density at radius 3 is 2.53 bits per heavy atom. The highest BCUT2D eigenvalue weighted by molar-refractivity contribution is 5.09. The topological polar surface area (TPSA) is 32.5 Å². The molecule has 2 N–H and O–H groups in total. The molecule has 0 aromatic carbocycles. The Morgan fingerprint density at radius 2 is 1.84 bits per heavy atom. The van der Waals surface area contributed by atoms with Gasteiger partial charge in [0.05, 0.1) is 0 Å². The van der Waals surface area contributed by atoms with Crippen molar-refractivity contribution in [1.82, 2.24) is 9.80 Å². The molecule has 3 rings (SSSR count). The van der Waals surface area contributed by atoms with Gasteiger partial charge in [0.2, 0.25) is 0 Å². The van der Waals surface area contributed by atoms with Crippen molar-refractivity contribution in [3.05, 3.63) is 0 Å². The van der Waals surface area contributed by atoms with Gasteiger partial charge in [0.1, 0.15) is 0 Å². The predicted octanol–water partition coefficient (Wildman–Crippen LogP) is 1.92. The van der Waals surface area contributed by atoms with Gasteiger partial charge in [-0.1, -0.05) is 20.3 Å². The Kier molecular flexibility index (Phi) is 3.89. The highest BCUT2D eigenvalue weighted by atomic mass is 15.3. The van der Waals surface area contributed by atoms with Crippen LogP contribution in [0, 0.1) is 11.8 Å². The number of hydrogen-bond donors (Lipinski definition) is 1. The second-order valence-corrected chi connectivity index (χ2v) is 7.46. The van der Waals surface area contributed by atoms with Gasteiger partial charge in [-0.25, -0.2) is 0 Å². The molecule has 0 aromatic heterocycles. The molecule has 19 heavy (non-hydrogen) atoms. The monoisotopic (exact) mass is 265 g/mol. The molecule has 0 bridgehead atoms. The van der Waals surface area contributed by atoms with E-state index in [9.17, 15) is 0 Å². The second-order valence-electron chi connectivity index (χ2n) is 7.46. The standard InChI is InChI=1S/C16H31N3/c1-13-9-14(2)11-19(10-13)16(12-17)6-8-18-7-4-3-5-15(16)18/h13-15H,3-12,17H2,1-2H3. The van der Waals surface area contributed by atoms with Crippen LogP contribution in [-0.2, 0) is 0 Å². The first kappa shape index (κ1) is 13.8. The van der Waals surface area contributed by atoms with Crippen molar-refractivity contribution in [1.29, 1.82) is 0 Å². The molecule has 3 fully saturated rings. The third-order valence-corrected chi connectivity index (χ3v) is 5.92. The smallest absolute Gasteiger partial charge is 0.0499 e. The van der Waals surface area contributed by atoms with Crippen LogP contribution >= 0.6 is 0 Å². The lowest BCUT2D eigenvalue weighted by atomic mass is 9.80. The van der Waals surface area contributed by atoms with E-state index >= 15 is 0 Å². The molecule has 3 aliphatic rings. The fourth-order valence-corrected chi connectivity index (χ4v) is 5.13. The van der Waals surface area contributed by atoms with Crippen molar-refractivity contribution in [2.45, 2.75) is 57.5 Å². The van der Waals surface area contributed by atoms with Crippen LogP contribution in [0.25, 0.3) is 0 Å². The van der Waals surface area contributed by atoms with Gasteiger partial charge in [-0.15, -0.1) is 0 Å². The van der Waals surface area contributed by atoms with Gasteiger partial charge in [0.25, 0.3) is 0 Å². The third-order valence-electron chi connectivity index (χ3n) is 5.92. The van der Waals surface area contributed by atoms with E-state index in [1.165, 1.54) is 58.3 Å². The minimum Gasteiger partial charge on any atom is -0.329 e. The SMILES string of the molecule is CC1CC(C)CN(C2(CN)CCN3CCCCC32)C1. The third kappa shape index (κ3) is 2.34. The van der Waals surface area contributed by atoms with Crippen LogP contribution in [0.4, 0.5) is 0 Å². The van der Waals surface area contributed by atoms with E-state index in [0.717, 1.165) is 24.4 Å². The summed E-state index contributed by atoms with van der Waals surface area (Å²) in [4.78, 5) is 5.53. The van der Waals surface area contributed by atoms with Crippen LogP contribution < -0.4 is 5.73 Å². The largest absolute Gasteiger partial charge is 0.329 e. The van der Waals surface area contributed by atoms with E-state index in [0.29, 0.717) is 5.54 Å². The molecule has 0 spiro atoms. The number of likely N-dealkylation sites (tertiary alicyclic amines) is 1. The van der Waals surface area contributed by atoms with Crippen molar-refractivity contribution >= 4 is 0 Å². The summed E-state index contributed by atoms with van der Waals surface area (Å²) in [5.41, 5.74) is 6.62. The Labute approximate surface area is 118 Å². The molecule has 0 aliphatic carbocycles. The number of piperidine rings is 2. The molecule has 3 nitrogen and oxygen atoms in total. The van der Waals surface area contributed by atoms with Gasteiger partial charge in [-0.3, -0.25) is 9.80 Å². The summed E-state index contributed by atoms with van der Waals surface area (Å²) >= 11 is 0. The minimum absolute atomic E-state index is 0.295. The van der Waals surface area contributed by atoms with Gasteiger partial charge in [0.15, 0.2) is 0 Å². The Morgan fingerprint density at radius 1 is 1.11 bits per heavy atom. The fraction of sp³-hybridized carbons (Fsp3) is 1.00.